The van der Waals surface area contributed by atoms with E-state index < -0.39 is 12.0 Å². The maximum atomic E-state index is 12.3. The molecule has 1 unspecified atom stereocenters. The van der Waals surface area contributed by atoms with Crippen molar-refractivity contribution in [3.8, 4) is 0 Å². The van der Waals surface area contributed by atoms with Crippen molar-refractivity contribution in [1.29, 1.82) is 0 Å². The van der Waals surface area contributed by atoms with Gasteiger partial charge < -0.3 is 15.3 Å². The number of amides is 2. The monoisotopic (exact) mass is 318 g/mol. The molecule has 1 aliphatic heterocycles. The number of nitrogens with zero attached hydrogens (tertiary/aromatic N) is 1. The zero-order valence-corrected chi connectivity index (χ0v) is 13.4. The first-order valence-electron chi connectivity index (χ1n) is 7.80. The van der Waals surface area contributed by atoms with Crippen LogP contribution < -0.4 is 5.32 Å². The maximum absolute atomic E-state index is 12.3. The predicted molar refractivity (Wildman–Crippen MR) is 84.8 cm³/mol. The Hall–Kier alpha value is -2.37. The lowest BCUT2D eigenvalue weighted by atomic mass is 10.1. The van der Waals surface area contributed by atoms with Crippen molar-refractivity contribution in [2.45, 2.75) is 39.3 Å². The van der Waals surface area contributed by atoms with Gasteiger partial charge in [-0.3, -0.25) is 9.59 Å². The standard InChI is InChI=1S/C17H22N2O4/c1-11(2)16(21)19-9-3-4-14(19)15(20)18-10-12-5-7-13(8-6-12)17(22)23/h5-8,11,14H,3-4,9-10H2,1-2H3,(H,18,20)(H,22,23). The highest BCUT2D eigenvalue weighted by Crippen LogP contribution is 2.20. The van der Waals surface area contributed by atoms with Crippen LogP contribution in [0.4, 0.5) is 0 Å². The molecule has 1 atom stereocenters. The molecule has 0 aromatic heterocycles. The Morgan fingerprint density at radius 1 is 1.26 bits per heavy atom. The topological polar surface area (TPSA) is 86.7 Å². The molecule has 23 heavy (non-hydrogen) atoms. The van der Waals surface area contributed by atoms with Crippen molar-refractivity contribution in [3.05, 3.63) is 35.4 Å². The number of rotatable bonds is 5. The number of carbonyl (C=O) groups is 3. The van der Waals surface area contributed by atoms with E-state index in [1.54, 1.807) is 17.0 Å². The van der Waals surface area contributed by atoms with Crippen molar-refractivity contribution >= 4 is 17.8 Å². The summed E-state index contributed by atoms with van der Waals surface area (Å²) in [6.07, 6.45) is 1.52. The molecule has 1 aromatic carbocycles. The zero-order valence-electron chi connectivity index (χ0n) is 13.4. The molecule has 1 fully saturated rings. The first-order chi connectivity index (χ1) is 10.9. The fraction of sp³-hybridized carbons (Fsp3) is 0.471. The molecule has 0 saturated carbocycles. The van der Waals surface area contributed by atoms with Gasteiger partial charge in [0, 0.05) is 19.0 Å². The fourth-order valence-electron chi connectivity index (χ4n) is 2.71. The highest BCUT2D eigenvalue weighted by molar-refractivity contribution is 5.89. The van der Waals surface area contributed by atoms with Gasteiger partial charge in [-0.2, -0.15) is 0 Å². The lowest BCUT2D eigenvalue weighted by Crippen LogP contribution is -2.47. The third kappa shape index (κ3) is 4.09. The number of hydrogen-bond acceptors (Lipinski definition) is 3. The summed E-state index contributed by atoms with van der Waals surface area (Å²) < 4.78 is 0. The van der Waals surface area contributed by atoms with Gasteiger partial charge in [0.2, 0.25) is 11.8 Å². The normalized spacial score (nSPS) is 17.3. The second-order valence-corrected chi connectivity index (χ2v) is 6.06. The first-order valence-corrected chi connectivity index (χ1v) is 7.80. The van der Waals surface area contributed by atoms with Crippen molar-refractivity contribution in [3.63, 3.8) is 0 Å². The predicted octanol–water partition coefficient (Wildman–Crippen LogP) is 1.65. The van der Waals surface area contributed by atoms with Crippen LogP contribution in [0.3, 0.4) is 0 Å². The summed E-state index contributed by atoms with van der Waals surface area (Å²) in [4.78, 5) is 36.9. The summed E-state index contributed by atoms with van der Waals surface area (Å²) in [6, 6.07) is 5.97. The SMILES string of the molecule is CC(C)C(=O)N1CCCC1C(=O)NCc1ccc(C(=O)O)cc1. The highest BCUT2D eigenvalue weighted by Gasteiger charge is 2.34. The number of carboxylic acids is 1. The summed E-state index contributed by atoms with van der Waals surface area (Å²) in [7, 11) is 0. The largest absolute Gasteiger partial charge is 0.478 e. The van der Waals surface area contributed by atoms with Crippen LogP contribution in [-0.2, 0) is 16.1 Å². The third-order valence-electron chi connectivity index (χ3n) is 4.00. The van der Waals surface area contributed by atoms with Crippen LogP contribution in [0.25, 0.3) is 0 Å². The Labute approximate surface area is 135 Å². The Morgan fingerprint density at radius 2 is 1.91 bits per heavy atom. The highest BCUT2D eigenvalue weighted by atomic mass is 16.4. The van der Waals surface area contributed by atoms with Gasteiger partial charge in [-0.15, -0.1) is 0 Å². The smallest absolute Gasteiger partial charge is 0.335 e. The minimum absolute atomic E-state index is 0.00783. The van der Waals surface area contributed by atoms with Crippen LogP contribution in [0.15, 0.2) is 24.3 Å². The molecule has 0 bridgehead atoms. The van der Waals surface area contributed by atoms with E-state index in [9.17, 15) is 14.4 Å². The van der Waals surface area contributed by atoms with Gasteiger partial charge in [0.15, 0.2) is 0 Å². The lowest BCUT2D eigenvalue weighted by molar-refractivity contribution is -0.140. The van der Waals surface area contributed by atoms with Crippen LogP contribution >= 0.6 is 0 Å². The molecule has 2 N–H and O–H groups in total. The summed E-state index contributed by atoms with van der Waals surface area (Å²) >= 11 is 0. The lowest BCUT2D eigenvalue weighted by Gasteiger charge is -2.25. The van der Waals surface area contributed by atoms with E-state index in [-0.39, 0.29) is 23.3 Å². The van der Waals surface area contributed by atoms with Crippen molar-refractivity contribution in [1.82, 2.24) is 10.2 Å². The quantitative estimate of drug-likeness (QED) is 0.864. The molecule has 6 nitrogen and oxygen atoms in total. The fourth-order valence-corrected chi connectivity index (χ4v) is 2.71. The van der Waals surface area contributed by atoms with Gasteiger partial charge >= 0.3 is 5.97 Å². The third-order valence-corrected chi connectivity index (χ3v) is 4.00. The summed E-state index contributed by atoms with van der Waals surface area (Å²) in [6.45, 7) is 4.61. The number of benzene rings is 1. The minimum atomic E-state index is -0.977. The van der Waals surface area contributed by atoms with Crippen LogP contribution in [0.2, 0.25) is 0 Å². The molecular formula is C17H22N2O4. The number of carbonyl (C=O) groups excluding carboxylic acids is 2. The molecule has 124 valence electrons. The number of carboxylic acid groups (broad SMARTS) is 1. The summed E-state index contributed by atoms with van der Waals surface area (Å²) in [5, 5.41) is 11.7. The van der Waals surface area contributed by atoms with Crippen LogP contribution in [0, 0.1) is 5.92 Å². The molecule has 2 rings (SSSR count). The molecule has 6 heteroatoms. The van der Waals surface area contributed by atoms with Gasteiger partial charge in [0.05, 0.1) is 5.56 Å². The van der Waals surface area contributed by atoms with Crippen LogP contribution in [0.1, 0.15) is 42.6 Å². The minimum Gasteiger partial charge on any atom is -0.478 e. The number of aromatic carboxylic acids is 1. The molecule has 1 aliphatic rings. The molecule has 1 heterocycles. The van der Waals surface area contributed by atoms with E-state index >= 15 is 0 Å². The molecule has 2 amide bonds. The molecule has 1 saturated heterocycles. The van der Waals surface area contributed by atoms with E-state index in [1.165, 1.54) is 12.1 Å². The van der Waals surface area contributed by atoms with Crippen LogP contribution in [-0.4, -0.2) is 40.4 Å². The average Bonchev–Trinajstić information content (AvgIpc) is 3.01. The van der Waals surface area contributed by atoms with E-state index in [0.717, 1.165) is 12.0 Å². The summed E-state index contributed by atoms with van der Waals surface area (Å²) in [5.41, 5.74) is 1.03. The molecule has 0 radical (unpaired) electrons. The Bertz CT molecular complexity index is 595. The van der Waals surface area contributed by atoms with Crippen molar-refractivity contribution < 1.29 is 19.5 Å². The Kier molecular flexibility index (Phi) is 5.36. The molecule has 0 aliphatic carbocycles. The van der Waals surface area contributed by atoms with Crippen molar-refractivity contribution in [2.24, 2.45) is 5.92 Å². The van der Waals surface area contributed by atoms with E-state index in [1.807, 2.05) is 13.8 Å². The molecular weight excluding hydrogens is 296 g/mol. The Balaban J connectivity index is 1.93. The second kappa shape index (κ2) is 7.26. The van der Waals surface area contributed by atoms with Crippen molar-refractivity contribution in [2.75, 3.05) is 6.54 Å². The van der Waals surface area contributed by atoms with E-state index in [4.69, 9.17) is 5.11 Å². The first kappa shape index (κ1) is 17.0. The molecule has 0 spiro atoms. The Morgan fingerprint density at radius 3 is 2.48 bits per heavy atom. The second-order valence-electron chi connectivity index (χ2n) is 6.06. The molecule has 1 aromatic rings. The van der Waals surface area contributed by atoms with E-state index in [2.05, 4.69) is 5.32 Å². The van der Waals surface area contributed by atoms with Gasteiger partial charge in [0.25, 0.3) is 0 Å². The summed E-state index contributed by atoms with van der Waals surface area (Å²) in [5.74, 6) is -1.24. The number of likely N-dealkylation sites (tertiary alicyclic amines) is 1. The van der Waals surface area contributed by atoms with Gasteiger partial charge in [-0.05, 0) is 30.5 Å². The maximum Gasteiger partial charge on any atom is 0.335 e. The number of nitrogens with one attached hydrogen (secondary N) is 1. The van der Waals surface area contributed by atoms with Crippen LogP contribution in [0.5, 0.6) is 0 Å². The zero-order chi connectivity index (χ0) is 17.0. The van der Waals surface area contributed by atoms with Gasteiger partial charge in [0.1, 0.15) is 6.04 Å². The number of hydrogen-bond donors (Lipinski definition) is 2. The van der Waals surface area contributed by atoms with Gasteiger partial charge in [-0.25, -0.2) is 4.79 Å². The van der Waals surface area contributed by atoms with E-state index in [0.29, 0.717) is 19.5 Å². The average molecular weight is 318 g/mol. The van der Waals surface area contributed by atoms with Gasteiger partial charge in [-0.1, -0.05) is 26.0 Å².